The van der Waals surface area contributed by atoms with E-state index in [1.54, 1.807) is 6.33 Å². The van der Waals surface area contributed by atoms with Gasteiger partial charge in [0, 0.05) is 13.3 Å². The van der Waals surface area contributed by atoms with Gasteiger partial charge in [0.2, 0.25) is 0 Å². The molecular formula is C12H11ClN4O2. The van der Waals surface area contributed by atoms with Gasteiger partial charge >= 0.3 is 5.97 Å². The van der Waals surface area contributed by atoms with Crippen molar-refractivity contribution in [1.29, 1.82) is 0 Å². The summed E-state index contributed by atoms with van der Waals surface area (Å²) in [6, 6.07) is 0.0558. The summed E-state index contributed by atoms with van der Waals surface area (Å²) in [7, 11) is 0. The number of ether oxygens (including phenoxy) is 1. The minimum absolute atomic E-state index is 0.0558. The Bertz CT molecular complexity index is 667. The number of fused-ring (bicyclic) bond motifs is 1. The van der Waals surface area contributed by atoms with Gasteiger partial charge < -0.3 is 9.30 Å². The fourth-order valence-electron chi connectivity index (χ4n) is 2.22. The maximum Gasteiger partial charge on any atom is 0.303 e. The summed E-state index contributed by atoms with van der Waals surface area (Å²) in [5.41, 5.74) is 1.26. The van der Waals surface area contributed by atoms with Crippen LogP contribution in [0.4, 0.5) is 0 Å². The molecule has 0 aromatic carbocycles. The first-order valence-corrected chi connectivity index (χ1v) is 6.21. The molecule has 0 N–H and O–H groups in total. The van der Waals surface area contributed by atoms with Gasteiger partial charge in [-0.2, -0.15) is 0 Å². The van der Waals surface area contributed by atoms with Gasteiger partial charge in [0.15, 0.2) is 10.8 Å². The van der Waals surface area contributed by atoms with Crippen LogP contribution in [0.5, 0.6) is 0 Å². The number of carbonyl (C=O) groups is 1. The molecule has 98 valence electrons. The highest BCUT2D eigenvalue weighted by Gasteiger charge is 2.24. The first-order chi connectivity index (χ1) is 9.15. The van der Waals surface area contributed by atoms with Gasteiger partial charge in [-0.15, -0.1) is 0 Å². The van der Waals surface area contributed by atoms with Crippen LogP contribution < -0.4 is 0 Å². The third-order valence-electron chi connectivity index (χ3n) is 3.01. The molecule has 0 unspecified atom stereocenters. The molecule has 0 saturated heterocycles. The van der Waals surface area contributed by atoms with Gasteiger partial charge in [0.25, 0.3) is 0 Å². The molecule has 3 rings (SSSR count). The van der Waals surface area contributed by atoms with Gasteiger partial charge in [-0.05, 0) is 6.08 Å². The van der Waals surface area contributed by atoms with Gasteiger partial charge in [0.1, 0.15) is 17.9 Å². The molecule has 0 amide bonds. The van der Waals surface area contributed by atoms with Crippen molar-refractivity contribution in [3.05, 3.63) is 30.0 Å². The number of aromatic nitrogens is 4. The van der Waals surface area contributed by atoms with Crippen LogP contribution in [0.3, 0.4) is 0 Å². The summed E-state index contributed by atoms with van der Waals surface area (Å²) >= 11 is 5.96. The number of imidazole rings is 1. The summed E-state index contributed by atoms with van der Waals surface area (Å²) in [6.07, 6.45) is 7.41. The second-order valence-corrected chi connectivity index (χ2v) is 4.68. The fourth-order valence-corrected chi connectivity index (χ4v) is 2.40. The van der Waals surface area contributed by atoms with E-state index in [2.05, 4.69) is 15.0 Å². The summed E-state index contributed by atoms with van der Waals surface area (Å²) in [6.45, 7) is 1.40. The zero-order valence-corrected chi connectivity index (χ0v) is 10.9. The number of allylic oxidation sites excluding steroid dienone is 1. The number of esters is 1. The first-order valence-electron chi connectivity index (χ1n) is 5.83. The molecule has 0 saturated carbocycles. The minimum atomic E-state index is -0.281. The maximum atomic E-state index is 10.9. The Morgan fingerprint density at radius 2 is 2.26 bits per heavy atom. The van der Waals surface area contributed by atoms with Crippen molar-refractivity contribution in [3.8, 4) is 0 Å². The van der Waals surface area contributed by atoms with E-state index in [9.17, 15) is 4.79 Å². The van der Waals surface area contributed by atoms with Crippen molar-refractivity contribution in [2.24, 2.45) is 0 Å². The maximum absolute atomic E-state index is 10.9. The standard InChI is InChI=1S/C12H11ClN4O2/c1-7(18)19-9-3-2-8(4-9)17-6-16-10-11(13)14-5-15-12(10)17/h2-3,5-6,8-9H,4H2,1H3/t8-,9+/m0/s1. The third-order valence-corrected chi connectivity index (χ3v) is 3.29. The molecule has 0 fully saturated rings. The van der Waals surface area contributed by atoms with Crippen LogP contribution in [0, 0.1) is 0 Å². The molecular weight excluding hydrogens is 268 g/mol. The molecule has 0 radical (unpaired) electrons. The predicted molar refractivity (Wildman–Crippen MR) is 68.7 cm³/mol. The van der Waals surface area contributed by atoms with Crippen LogP contribution in [0.1, 0.15) is 19.4 Å². The lowest BCUT2D eigenvalue weighted by molar-refractivity contribution is -0.144. The molecule has 2 heterocycles. The number of nitrogens with zero attached hydrogens (tertiary/aromatic N) is 4. The van der Waals surface area contributed by atoms with E-state index in [-0.39, 0.29) is 18.1 Å². The number of halogens is 1. The molecule has 2 aromatic rings. The molecule has 0 spiro atoms. The SMILES string of the molecule is CC(=O)O[C@@H]1C=C[C@H](n2cnc3c(Cl)ncnc32)C1. The van der Waals surface area contributed by atoms with Crippen molar-refractivity contribution in [3.63, 3.8) is 0 Å². The van der Waals surface area contributed by atoms with Crippen molar-refractivity contribution in [2.45, 2.75) is 25.5 Å². The van der Waals surface area contributed by atoms with Crippen LogP contribution in [-0.4, -0.2) is 31.6 Å². The van der Waals surface area contributed by atoms with Crippen LogP contribution in [0.2, 0.25) is 5.15 Å². The van der Waals surface area contributed by atoms with E-state index in [1.807, 2.05) is 16.7 Å². The highest BCUT2D eigenvalue weighted by Crippen LogP contribution is 2.29. The molecule has 2 aromatic heterocycles. The van der Waals surface area contributed by atoms with Crippen LogP contribution in [0.15, 0.2) is 24.8 Å². The zero-order chi connectivity index (χ0) is 13.4. The van der Waals surface area contributed by atoms with Crippen molar-refractivity contribution in [1.82, 2.24) is 19.5 Å². The third kappa shape index (κ3) is 2.19. The lowest BCUT2D eigenvalue weighted by atomic mass is 10.2. The Kier molecular flexibility index (Phi) is 2.94. The Balaban J connectivity index is 1.89. The Hall–Kier alpha value is -1.95. The molecule has 6 nitrogen and oxygen atoms in total. The van der Waals surface area contributed by atoms with E-state index in [0.717, 1.165) is 0 Å². The predicted octanol–water partition coefficient (Wildman–Crippen LogP) is 1.91. The number of carbonyl (C=O) groups excluding carboxylic acids is 1. The smallest absolute Gasteiger partial charge is 0.303 e. The van der Waals surface area contributed by atoms with E-state index >= 15 is 0 Å². The monoisotopic (exact) mass is 278 g/mol. The number of hydrogen-bond donors (Lipinski definition) is 0. The highest BCUT2D eigenvalue weighted by atomic mass is 35.5. The molecule has 2 atom stereocenters. The Labute approximate surface area is 114 Å². The van der Waals surface area contributed by atoms with Crippen LogP contribution >= 0.6 is 11.6 Å². The average molecular weight is 279 g/mol. The lowest BCUT2D eigenvalue weighted by Gasteiger charge is -2.13. The minimum Gasteiger partial charge on any atom is -0.458 e. The summed E-state index contributed by atoms with van der Waals surface area (Å²) in [5.74, 6) is -0.281. The van der Waals surface area contributed by atoms with Crippen LogP contribution in [-0.2, 0) is 9.53 Å². The van der Waals surface area contributed by atoms with Crippen molar-refractivity contribution >= 4 is 28.7 Å². The highest BCUT2D eigenvalue weighted by molar-refractivity contribution is 6.33. The van der Waals surface area contributed by atoms with Gasteiger partial charge in [-0.25, -0.2) is 15.0 Å². The van der Waals surface area contributed by atoms with Gasteiger partial charge in [-0.3, -0.25) is 4.79 Å². The van der Waals surface area contributed by atoms with E-state index < -0.39 is 0 Å². The molecule has 0 aliphatic heterocycles. The lowest BCUT2D eigenvalue weighted by Crippen LogP contribution is -2.14. The second-order valence-electron chi connectivity index (χ2n) is 4.32. The topological polar surface area (TPSA) is 69.9 Å². The summed E-state index contributed by atoms with van der Waals surface area (Å²) < 4.78 is 7.06. The van der Waals surface area contributed by atoms with Crippen molar-refractivity contribution in [2.75, 3.05) is 0 Å². The zero-order valence-electron chi connectivity index (χ0n) is 10.2. The largest absolute Gasteiger partial charge is 0.458 e. The molecule has 0 bridgehead atoms. The van der Waals surface area contributed by atoms with Crippen LogP contribution in [0.25, 0.3) is 11.2 Å². The van der Waals surface area contributed by atoms with E-state index in [1.165, 1.54) is 13.3 Å². The molecule has 1 aliphatic carbocycles. The normalized spacial score (nSPS) is 22.0. The summed E-state index contributed by atoms with van der Waals surface area (Å²) in [4.78, 5) is 23.2. The quantitative estimate of drug-likeness (QED) is 0.477. The molecule has 1 aliphatic rings. The fraction of sp³-hybridized carbons (Fsp3) is 0.333. The number of hydrogen-bond acceptors (Lipinski definition) is 5. The van der Waals surface area contributed by atoms with E-state index in [4.69, 9.17) is 16.3 Å². The average Bonchev–Trinajstić information content (AvgIpc) is 2.95. The van der Waals surface area contributed by atoms with Crippen molar-refractivity contribution < 1.29 is 9.53 Å². The van der Waals surface area contributed by atoms with E-state index in [0.29, 0.717) is 22.7 Å². The Morgan fingerprint density at radius 3 is 3.05 bits per heavy atom. The second kappa shape index (κ2) is 4.62. The Morgan fingerprint density at radius 1 is 1.42 bits per heavy atom. The number of rotatable bonds is 2. The summed E-state index contributed by atoms with van der Waals surface area (Å²) in [5, 5.41) is 0.335. The van der Waals surface area contributed by atoms with Gasteiger partial charge in [0.05, 0.1) is 12.4 Å². The molecule has 7 heteroatoms. The molecule has 19 heavy (non-hydrogen) atoms. The first kappa shape index (κ1) is 12.1. The van der Waals surface area contributed by atoms with Gasteiger partial charge in [-0.1, -0.05) is 17.7 Å².